The van der Waals surface area contributed by atoms with Crippen molar-refractivity contribution in [3.8, 4) is 0 Å². The summed E-state index contributed by atoms with van der Waals surface area (Å²) in [5.74, 6) is 0.163. The summed E-state index contributed by atoms with van der Waals surface area (Å²) in [5, 5.41) is 2.76. The van der Waals surface area contributed by atoms with Gasteiger partial charge in [0.2, 0.25) is 0 Å². The standard InChI is InChI=1S/C21H24N2O4/c1-12-17-15(24)10-21(2,3)11-16(17)27-18(12)19(25)22-14-8-6-7-13(9-14)20(26)23(4)5/h6-9H,10-11H2,1-5H3,(H,22,25). The Hall–Kier alpha value is -2.89. The number of anilines is 1. The Balaban J connectivity index is 1.87. The van der Waals surface area contributed by atoms with Crippen LogP contribution in [0.5, 0.6) is 0 Å². The number of carbonyl (C=O) groups is 3. The summed E-state index contributed by atoms with van der Waals surface area (Å²) in [6.45, 7) is 5.76. The van der Waals surface area contributed by atoms with E-state index in [1.54, 1.807) is 45.3 Å². The summed E-state index contributed by atoms with van der Waals surface area (Å²) in [7, 11) is 3.34. The Labute approximate surface area is 158 Å². The van der Waals surface area contributed by atoms with Gasteiger partial charge in [0.1, 0.15) is 5.76 Å². The molecule has 0 aliphatic heterocycles. The number of ketones is 1. The number of rotatable bonds is 3. The summed E-state index contributed by atoms with van der Waals surface area (Å²) in [4.78, 5) is 38.8. The molecule has 0 atom stereocenters. The van der Waals surface area contributed by atoms with Crippen molar-refractivity contribution in [3.63, 3.8) is 0 Å². The number of hydrogen-bond donors (Lipinski definition) is 1. The topological polar surface area (TPSA) is 79.6 Å². The molecule has 142 valence electrons. The third-order valence-electron chi connectivity index (χ3n) is 4.76. The van der Waals surface area contributed by atoms with E-state index in [1.807, 2.05) is 13.8 Å². The Kier molecular flexibility index (Phi) is 4.68. The van der Waals surface area contributed by atoms with Crippen LogP contribution < -0.4 is 5.32 Å². The van der Waals surface area contributed by atoms with Gasteiger partial charge in [-0.1, -0.05) is 19.9 Å². The molecular formula is C21H24N2O4. The SMILES string of the molecule is Cc1c(C(=O)Nc2cccc(C(=O)N(C)C)c2)oc2c1C(=O)CC(C)(C)C2. The highest BCUT2D eigenvalue weighted by atomic mass is 16.4. The predicted octanol–water partition coefficient (Wildman–Crippen LogP) is 3.70. The molecule has 27 heavy (non-hydrogen) atoms. The third-order valence-corrected chi connectivity index (χ3v) is 4.76. The number of hydrogen-bond acceptors (Lipinski definition) is 4. The first-order valence-corrected chi connectivity index (χ1v) is 8.87. The summed E-state index contributed by atoms with van der Waals surface area (Å²) in [6, 6.07) is 6.72. The van der Waals surface area contributed by atoms with Gasteiger partial charge in [0, 0.05) is 43.8 Å². The van der Waals surface area contributed by atoms with E-state index in [4.69, 9.17) is 4.42 Å². The van der Waals surface area contributed by atoms with Gasteiger partial charge in [0.25, 0.3) is 11.8 Å². The molecule has 1 N–H and O–H groups in total. The second kappa shape index (κ2) is 6.68. The van der Waals surface area contributed by atoms with Crippen molar-refractivity contribution < 1.29 is 18.8 Å². The number of carbonyl (C=O) groups excluding carboxylic acids is 3. The van der Waals surface area contributed by atoms with Crippen LogP contribution in [0.2, 0.25) is 0 Å². The lowest BCUT2D eigenvalue weighted by Gasteiger charge is -2.27. The number of amides is 2. The van der Waals surface area contributed by atoms with Gasteiger partial charge in [0.15, 0.2) is 11.5 Å². The van der Waals surface area contributed by atoms with Gasteiger partial charge in [0.05, 0.1) is 5.56 Å². The minimum Gasteiger partial charge on any atom is -0.455 e. The maximum absolute atomic E-state index is 12.7. The van der Waals surface area contributed by atoms with Crippen LogP contribution in [0, 0.1) is 12.3 Å². The normalized spacial score (nSPS) is 15.2. The van der Waals surface area contributed by atoms with Crippen LogP contribution in [-0.4, -0.2) is 36.6 Å². The Bertz CT molecular complexity index is 938. The van der Waals surface area contributed by atoms with Crippen LogP contribution in [0.3, 0.4) is 0 Å². The summed E-state index contributed by atoms with van der Waals surface area (Å²) in [6.07, 6.45) is 1.06. The zero-order valence-corrected chi connectivity index (χ0v) is 16.3. The first kappa shape index (κ1) is 18.9. The molecule has 0 unspecified atom stereocenters. The van der Waals surface area contributed by atoms with E-state index >= 15 is 0 Å². The number of nitrogens with one attached hydrogen (secondary N) is 1. The first-order chi connectivity index (χ1) is 12.6. The molecule has 0 spiro atoms. The quantitative estimate of drug-likeness (QED) is 0.896. The summed E-state index contributed by atoms with van der Waals surface area (Å²) in [5.41, 5.74) is 1.90. The van der Waals surface area contributed by atoms with Gasteiger partial charge in [-0.05, 0) is 30.5 Å². The number of Topliss-reactive ketones (excluding diaryl/α,β-unsaturated/α-hetero) is 1. The van der Waals surface area contributed by atoms with E-state index in [0.29, 0.717) is 41.0 Å². The van der Waals surface area contributed by atoms with Crippen molar-refractivity contribution in [2.45, 2.75) is 33.6 Å². The molecule has 1 aliphatic carbocycles. The molecule has 0 saturated heterocycles. The number of fused-ring (bicyclic) bond motifs is 1. The first-order valence-electron chi connectivity index (χ1n) is 8.87. The maximum Gasteiger partial charge on any atom is 0.291 e. The fourth-order valence-corrected chi connectivity index (χ4v) is 3.48. The van der Waals surface area contributed by atoms with Crippen LogP contribution in [0.4, 0.5) is 5.69 Å². The molecule has 0 bridgehead atoms. The number of nitrogens with zero attached hydrogens (tertiary/aromatic N) is 1. The highest BCUT2D eigenvalue weighted by Crippen LogP contribution is 2.38. The van der Waals surface area contributed by atoms with E-state index in [0.717, 1.165) is 0 Å². The van der Waals surface area contributed by atoms with Crippen LogP contribution in [-0.2, 0) is 6.42 Å². The van der Waals surface area contributed by atoms with E-state index in [1.165, 1.54) is 4.90 Å². The Morgan fingerprint density at radius 1 is 1.19 bits per heavy atom. The molecule has 2 aromatic rings. The van der Waals surface area contributed by atoms with Gasteiger partial charge in [-0.3, -0.25) is 14.4 Å². The molecule has 0 fully saturated rings. The fourth-order valence-electron chi connectivity index (χ4n) is 3.48. The minimum atomic E-state index is -0.429. The van der Waals surface area contributed by atoms with Crippen molar-refractivity contribution in [1.29, 1.82) is 0 Å². The molecule has 1 heterocycles. The van der Waals surface area contributed by atoms with Crippen molar-refractivity contribution >= 4 is 23.3 Å². The largest absolute Gasteiger partial charge is 0.455 e. The molecule has 0 saturated carbocycles. The number of benzene rings is 1. The zero-order chi connectivity index (χ0) is 19.9. The predicted molar refractivity (Wildman–Crippen MR) is 102 cm³/mol. The number of furan rings is 1. The lowest BCUT2D eigenvalue weighted by atomic mass is 9.76. The monoisotopic (exact) mass is 368 g/mol. The molecule has 6 nitrogen and oxygen atoms in total. The smallest absolute Gasteiger partial charge is 0.291 e. The van der Waals surface area contributed by atoms with E-state index in [-0.39, 0.29) is 22.9 Å². The highest BCUT2D eigenvalue weighted by molar-refractivity contribution is 6.08. The van der Waals surface area contributed by atoms with Gasteiger partial charge in [-0.25, -0.2) is 0 Å². The average molecular weight is 368 g/mol. The lowest BCUT2D eigenvalue weighted by Crippen LogP contribution is -2.26. The maximum atomic E-state index is 12.7. The molecule has 0 radical (unpaired) electrons. The van der Waals surface area contributed by atoms with Crippen molar-refractivity contribution in [1.82, 2.24) is 4.90 Å². The lowest BCUT2D eigenvalue weighted by molar-refractivity contribution is 0.0826. The summed E-state index contributed by atoms with van der Waals surface area (Å²) < 4.78 is 5.78. The fraction of sp³-hybridized carbons (Fsp3) is 0.381. The Morgan fingerprint density at radius 2 is 1.89 bits per heavy atom. The second-order valence-corrected chi connectivity index (χ2v) is 8.03. The van der Waals surface area contributed by atoms with Gasteiger partial charge >= 0.3 is 0 Å². The van der Waals surface area contributed by atoms with Crippen molar-refractivity contribution in [3.05, 3.63) is 52.5 Å². The average Bonchev–Trinajstić information content (AvgIpc) is 2.89. The van der Waals surface area contributed by atoms with E-state index in [2.05, 4.69) is 5.32 Å². The van der Waals surface area contributed by atoms with Gasteiger partial charge in [-0.2, -0.15) is 0 Å². The van der Waals surface area contributed by atoms with Crippen molar-refractivity contribution in [2.24, 2.45) is 5.41 Å². The molecular weight excluding hydrogens is 344 g/mol. The van der Waals surface area contributed by atoms with Gasteiger partial charge in [-0.15, -0.1) is 0 Å². The van der Waals surface area contributed by atoms with E-state index < -0.39 is 5.91 Å². The second-order valence-electron chi connectivity index (χ2n) is 8.03. The minimum absolute atomic E-state index is 0.0140. The molecule has 1 aromatic heterocycles. The molecule has 1 aromatic carbocycles. The third kappa shape index (κ3) is 3.65. The zero-order valence-electron chi connectivity index (χ0n) is 16.3. The summed E-state index contributed by atoms with van der Waals surface area (Å²) >= 11 is 0. The van der Waals surface area contributed by atoms with Crippen LogP contribution >= 0.6 is 0 Å². The van der Waals surface area contributed by atoms with Crippen molar-refractivity contribution in [2.75, 3.05) is 19.4 Å². The van der Waals surface area contributed by atoms with Crippen LogP contribution in [0.15, 0.2) is 28.7 Å². The van der Waals surface area contributed by atoms with E-state index in [9.17, 15) is 14.4 Å². The molecule has 2 amide bonds. The van der Waals surface area contributed by atoms with Crippen LogP contribution in [0.1, 0.15) is 62.9 Å². The van der Waals surface area contributed by atoms with Crippen LogP contribution in [0.25, 0.3) is 0 Å². The van der Waals surface area contributed by atoms with Gasteiger partial charge < -0.3 is 14.6 Å². The Morgan fingerprint density at radius 3 is 2.56 bits per heavy atom. The molecule has 6 heteroatoms. The molecule has 3 rings (SSSR count). The molecule has 1 aliphatic rings. The highest BCUT2D eigenvalue weighted by Gasteiger charge is 2.37.